The van der Waals surface area contributed by atoms with Crippen LogP contribution in [0, 0.1) is 0 Å². The second-order valence-electron chi connectivity index (χ2n) is 5.74. The summed E-state index contributed by atoms with van der Waals surface area (Å²) >= 11 is -3.33. The standard InChI is InChI=1S/C15H24O2Te/c1-9(2)12-7-13(10(3)4)15(18(16)17)14(8-12)11(5)6/h7-11H,1-6H3,(H,16,17). The molecular weight excluding hydrogens is 340 g/mol. The SMILES string of the molecule is CC(C)c1cc(C(C)C)c([Te](=O)O)c(C(C)C)c1. The number of hydrogen-bond donors (Lipinski definition) is 1. The summed E-state index contributed by atoms with van der Waals surface area (Å²) in [5.41, 5.74) is 3.41. The number of rotatable bonds is 4. The molecule has 2 nitrogen and oxygen atoms in total. The molecule has 0 aliphatic carbocycles. The first-order valence-corrected chi connectivity index (χ1v) is 9.70. The molecule has 0 saturated carbocycles. The molecule has 1 N–H and O–H groups in total. The molecule has 1 rings (SSSR count). The van der Waals surface area contributed by atoms with Gasteiger partial charge in [-0.1, -0.05) is 0 Å². The first-order valence-electron chi connectivity index (χ1n) is 6.54. The summed E-state index contributed by atoms with van der Waals surface area (Å²) in [4.78, 5) is 0. The zero-order valence-electron chi connectivity index (χ0n) is 12.2. The Morgan fingerprint density at radius 3 is 1.50 bits per heavy atom. The third-order valence-electron chi connectivity index (χ3n) is 3.25. The molecule has 1 aromatic carbocycles. The summed E-state index contributed by atoms with van der Waals surface area (Å²) in [7, 11) is 0. The van der Waals surface area contributed by atoms with E-state index in [1.54, 1.807) is 0 Å². The van der Waals surface area contributed by atoms with Gasteiger partial charge in [0.15, 0.2) is 0 Å². The van der Waals surface area contributed by atoms with Crippen molar-refractivity contribution < 1.29 is 6.58 Å². The second-order valence-corrected chi connectivity index (χ2v) is 8.33. The van der Waals surface area contributed by atoms with E-state index in [-0.39, 0.29) is 0 Å². The van der Waals surface area contributed by atoms with Crippen molar-refractivity contribution in [1.82, 2.24) is 0 Å². The summed E-state index contributed by atoms with van der Waals surface area (Å²) in [6, 6.07) is 4.25. The summed E-state index contributed by atoms with van der Waals surface area (Å²) in [5, 5.41) is 0. The number of benzene rings is 1. The molecular formula is C15H24O2Te. The third-order valence-corrected chi connectivity index (χ3v) is 5.60. The Morgan fingerprint density at radius 2 is 1.28 bits per heavy atom. The van der Waals surface area contributed by atoms with E-state index in [4.69, 9.17) is 0 Å². The van der Waals surface area contributed by atoms with Crippen LogP contribution in [0.1, 0.15) is 76.0 Å². The predicted octanol–water partition coefficient (Wildman–Crippen LogP) is 3.17. The molecule has 0 unspecified atom stereocenters. The van der Waals surface area contributed by atoms with Gasteiger partial charge >= 0.3 is 118 Å². The van der Waals surface area contributed by atoms with Gasteiger partial charge in [-0.15, -0.1) is 0 Å². The van der Waals surface area contributed by atoms with E-state index in [0.717, 1.165) is 14.7 Å². The fraction of sp³-hybridized carbons (Fsp3) is 0.600. The summed E-state index contributed by atoms with van der Waals surface area (Å²) in [6.45, 7) is 12.7. The second kappa shape index (κ2) is 6.28. The van der Waals surface area contributed by atoms with Gasteiger partial charge in [-0.2, -0.15) is 0 Å². The van der Waals surface area contributed by atoms with Crippen LogP contribution in [-0.4, -0.2) is 23.4 Å². The maximum absolute atomic E-state index is 11.8. The molecule has 0 amide bonds. The van der Waals surface area contributed by atoms with E-state index in [9.17, 15) is 6.58 Å². The van der Waals surface area contributed by atoms with Crippen molar-refractivity contribution >= 4 is 23.6 Å². The van der Waals surface area contributed by atoms with E-state index in [1.807, 2.05) is 0 Å². The van der Waals surface area contributed by atoms with Crippen molar-refractivity contribution in [1.29, 1.82) is 0 Å². The molecule has 0 aliphatic heterocycles. The molecule has 0 bridgehead atoms. The molecule has 0 fully saturated rings. The van der Waals surface area contributed by atoms with Gasteiger partial charge in [0.1, 0.15) is 0 Å². The molecule has 0 aromatic heterocycles. The molecule has 1 aromatic rings. The van der Waals surface area contributed by atoms with Crippen LogP contribution in [0.15, 0.2) is 12.1 Å². The molecule has 0 aliphatic rings. The van der Waals surface area contributed by atoms with Crippen LogP contribution < -0.4 is 3.61 Å². The normalized spacial score (nSPS) is 12.2. The zero-order chi connectivity index (χ0) is 14.0. The molecule has 18 heavy (non-hydrogen) atoms. The molecule has 3 heteroatoms. The van der Waals surface area contributed by atoms with Crippen LogP contribution in [0.5, 0.6) is 0 Å². The molecule has 0 saturated heterocycles. The monoisotopic (exact) mass is 366 g/mol. The van der Waals surface area contributed by atoms with Crippen molar-refractivity contribution in [3.63, 3.8) is 0 Å². The fourth-order valence-corrected chi connectivity index (χ4v) is 4.92. The first kappa shape index (κ1) is 15.8. The molecule has 0 atom stereocenters. The van der Waals surface area contributed by atoms with Gasteiger partial charge < -0.3 is 0 Å². The molecule has 0 spiro atoms. The molecule has 0 heterocycles. The first-order chi connectivity index (χ1) is 8.25. The van der Waals surface area contributed by atoms with Crippen LogP contribution >= 0.6 is 0 Å². The summed E-state index contributed by atoms with van der Waals surface area (Å²) in [6.07, 6.45) is 0. The van der Waals surface area contributed by atoms with Crippen molar-refractivity contribution in [2.45, 2.75) is 59.3 Å². The van der Waals surface area contributed by atoms with Gasteiger partial charge in [-0.05, 0) is 0 Å². The topological polar surface area (TPSA) is 37.3 Å². The average Bonchev–Trinajstić information content (AvgIpc) is 2.26. The van der Waals surface area contributed by atoms with Crippen molar-refractivity contribution in [3.05, 3.63) is 28.8 Å². The predicted molar refractivity (Wildman–Crippen MR) is 77.0 cm³/mol. The minimum absolute atomic E-state index is 0.292. The van der Waals surface area contributed by atoms with Gasteiger partial charge in [-0.3, -0.25) is 0 Å². The van der Waals surface area contributed by atoms with E-state index in [1.165, 1.54) is 5.56 Å². The van der Waals surface area contributed by atoms with Gasteiger partial charge in [0.05, 0.1) is 0 Å². The maximum atomic E-state index is 11.8. The Kier molecular flexibility index (Phi) is 5.52. The number of hydrogen-bond acceptors (Lipinski definition) is 1. The van der Waals surface area contributed by atoms with Gasteiger partial charge in [0.2, 0.25) is 0 Å². The van der Waals surface area contributed by atoms with E-state index in [0.29, 0.717) is 17.8 Å². The fourth-order valence-electron chi connectivity index (χ4n) is 2.09. The van der Waals surface area contributed by atoms with Crippen LogP contribution in [0.4, 0.5) is 0 Å². The van der Waals surface area contributed by atoms with E-state index >= 15 is 0 Å². The van der Waals surface area contributed by atoms with E-state index in [2.05, 4.69) is 53.7 Å². The minimum atomic E-state index is -3.33. The van der Waals surface area contributed by atoms with E-state index < -0.39 is 19.9 Å². The van der Waals surface area contributed by atoms with Crippen molar-refractivity contribution in [3.8, 4) is 0 Å². The van der Waals surface area contributed by atoms with Gasteiger partial charge in [-0.25, -0.2) is 0 Å². The Morgan fingerprint density at radius 1 is 0.889 bits per heavy atom. The third kappa shape index (κ3) is 3.41. The Hall–Kier alpha value is -0.230. The van der Waals surface area contributed by atoms with Gasteiger partial charge in [0.25, 0.3) is 0 Å². The van der Waals surface area contributed by atoms with Crippen LogP contribution in [0.3, 0.4) is 0 Å². The summed E-state index contributed by atoms with van der Waals surface area (Å²) in [5.74, 6) is 1.03. The van der Waals surface area contributed by atoms with Gasteiger partial charge in [0, 0.05) is 0 Å². The average molecular weight is 364 g/mol. The molecule has 102 valence electrons. The Balaban J connectivity index is 3.60. The van der Waals surface area contributed by atoms with Crippen molar-refractivity contribution in [2.24, 2.45) is 0 Å². The van der Waals surface area contributed by atoms with Crippen LogP contribution in [0.25, 0.3) is 0 Å². The van der Waals surface area contributed by atoms with Crippen LogP contribution in [0.2, 0.25) is 0 Å². The molecule has 0 radical (unpaired) electrons. The quantitative estimate of drug-likeness (QED) is 0.834. The summed E-state index contributed by atoms with van der Waals surface area (Å²) < 4.78 is 22.3. The Bertz CT molecular complexity index is 419. The zero-order valence-corrected chi connectivity index (χ0v) is 14.5. The van der Waals surface area contributed by atoms with Crippen LogP contribution in [-0.2, 0) is 3.10 Å². The van der Waals surface area contributed by atoms with Crippen molar-refractivity contribution in [2.75, 3.05) is 0 Å². The Labute approximate surface area is 118 Å².